The lowest BCUT2D eigenvalue weighted by Gasteiger charge is -2.17. The van der Waals surface area contributed by atoms with Gasteiger partial charge in [0.05, 0.1) is 12.6 Å². The van der Waals surface area contributed by atoms with E-state index in [1.54, 1.807) is 25.1 Å². The molecule has 7 heteroatoms. The summed E-state index contributed by atoms with van der Waals surface area (Å²) in [7, 11) is 0. The molecule has 1 aromatic rings. The lowest BCUT2D eigenvalue weighted by atomic mass is 10.0. The van der Waals surface area contributed by atoms with Crippen LogP contribution in [0.5, 0.6) is 11.5 Å². The first-order valence-corrected chi connectivity index (χ1v) is 5.60. The summed E-state index contributed by atoms with van der Waals surface area (Å²) >= 11 is 0. The molecule has 0 bridgehead atoms. The highest BCUT2D eigenvalue weighted by atomic mass is 35.5. The van der Waals surface area contributed by atoms with Gasteiger partial charge in [0.1, 0.15) is 0 Å². The first kappa shape index (κ1) is 15.5. The van der Waals surface area contributed by atoms with E-state index < -0.39 is 18.2 Å². The second-order valence-corrected chi connectivity index (χ2v) is 3.76. The van der Waals surface area contributed by atoms with Crippen molar-refractivity contribution >= 4 is 18.4 Å². The lowest BCUT2D eigenvalue weighted by molar-refractivity contribution is -0.149. The van der Waals surface area contributed by atoms with Crippen LogP contribution in [0.3, 0.4) is 0 Å². The van der Waals surface area contributed by atoms with Gasteiger partial charge >= 0.3 is 5.97 Å². The summed E-state index contributed by atoms with van der Waals surface area (Å²) in [4.78, 5) is 11.3. The number of esters is 1. The molecule has 5 nitrogen and oxygen atoms in total. The van der Waals surface area contributed by atoms with Gasteiger partial charge in [-0.05, 0) is 13.0 Å². The second-order valence-electron chi connectivity index (χ2n) is 3.76. The molecule has 1 heterocycles. The Bertz CT molecular complexity index is 457. The summed E-state index contributed by atoms with van der Waals surface area (Å²) < 4.78 is 28.8. The first-order valence-electron chi connectivity index (χ1n) is 5.60. The highest BCUT2D eigenvalue weighted by Gasteiger charge is 2.32. The van der Waals surface area contributed by atoms with Crippen molar-refractivity contribution in [3.05, 3.63) is 23.8 Å². The first-order chi connectivity index (χ1) is 8.65. The number of benzene rings is 1. The number of halogens is 2. The van der Waals surface area contributed by atoms with Crippen LogP contribution in [0.2, 0.25) is 0 Å². The Hall–Kier alpha value is -1.53. The van der Waals surface area contributed by atoms with Gasteiger partial charge in [-0.15, -0.1) is 12.4 Å². The van der Waals surface area contributed by atoms with E-state index in [0.29, 0.717) is 17.1 Å². The minimum Gasteiger partial charge on any atom is -0.464 e. The van der Waals surface area contributed by atoms with Crippen molar-refractivity contribution in [1.29, 1.82) is 0 Å². The fourth-order valence-corrected chi connectivity index (χ4v) is 1.74. The van der Waals surface area contributed by atoms with Crippen molar-refractivity contribution in [2.45, 2.75) is 19.1 Å². The normalized spacial score (nSPS) is 15.3. The van der Waals surface area contributed by atoms with Crippen LogP contribution in [0.15, 0.2) is 18.2 Å². The average molecular weight is 292 g/mol. The maximum Gasteiger partial charge on any atom is 0.342 e. The van der Waals surface area contributed by atoms with Crippen LogP contribution in [-0.4, -0.2) is 25.5 Å². The minimum absolute atomic E-state index is 0. The lowest BCUT2D eigenvalue weighted by Crippen LogP contribution is -2.31. The number of carbonyl (C=O) groups is 1. The van der Waals surface area contributed by atoms with Crippen molar-refractivity contribution in [1.82, 2.24) is 0 Å². The number of hydrogen-bond acceptors (Lipinski definition) is 5. The highest BCUT2D eigenvalue weighted by molar-refractivity contribution is 5.85. The quantitative estimate of drug-likeness (QED) is 0.856. The van der Waals surface area contributed by atoms with Gasteiger partial charge in [0.25, 0.3) is 0 Å². The van der Waals surface area contributed by atoms with Crippen molar-refractivity contribution in [2.75, 3.05) is 13.4 Å². The van der Waals surface area contributed by atoms with E-state index in [1.807, 2.05) is 0 Å². The van der Waals surface area contributed by atoms with Crippen LogP contribution in [0.25, 0.3) is 0 Å². The number of para-hydroxylation sites is 1. The van der Waals surface area contributed by atoms with Crippen molar-refractivity contribution in [2.24, 2.45) is 5.73 Å². The molecule has 19 heavy (non-hydrogen) atoms. The van der Waals surface area contributed by atoms with E-state index >= 15 is 0 Å². The van der Waals surface area contributed by atoms with E-state index in [9.17, 15) is 9.18 Å². The number of nitrogens with two attached hydrogens (primary N) is 1. The summed E-state index contributed by atoms with van der Waals surface area (Å²) in [6, 6.07) is 3.82. The Labute approximate surface area is 116 Å². The number of ether oxygens (including phenoxy) is 3. The molecule has 0 saturated carbocycles. The zero-order valence-electron chi connectivity index (χ0n) is 10.3. The molecule has 2 rings (SSSR count). The zero-order chi connectivity index (χ0) is 13.1. The third-order valence-electron chi connectivity index (χ3n) is 2.61. The number of carbonyl (C=O) groups excluding carboxylic acids is 1. The molecule has 0 saturated heterocycles. The summed E-state index contributed by atoms with van der Waals surface area (Å²) in [5, 5.41) is 0. The molecule has 1 aliphatic rings. The Morgan fingerprint density at radius 2 is 2.26 bits per heavy atom. The molecule has 2 N–H and O–H groups in total. The van der Waals surface area contributed by atoms with Crippen LogP contribution >= 0.6 is 12.4 Å². The monoisotopic (exact) mass is 291 g/mol. The fourth-order valence-electron chi connectivity index (χ4n) is 1.74. The van der Waals surface area contributed by atoms with Gasteiger partial charge in [-0.25, -0.2) is 9.18 Å². The topological polar surface area (TPSA) is 70.8 Å². The number of fused-ring (bicyclic) bond motifs is 1. The maximum absolute atomic E-state index is 13.8. The summed E-state index contributed by atoms with van der Waals surface area (Å²) in [5.74, 6) is -0.0857. The third kappa shape index (κ3) is 3.08. The largest absolute Gasteiger partial charge is 0.464 e. The van der Waals surface area contributed by atoms with Crippen LogP contribution in [0, 0.1) is 0 Å². The van der Waals surface area contributed by atoms with Gasteiger partial charge in [-0.1, -0.05) is 12.1 Å². The van der Waals surface area contributed by atoms with E-state index in [-0.39, 0.29) is 25.8 Å². The van der Waals surface area contributed by atoms with Gasteiger partial charge in [0.15, 0.2) is 11.5 Å². The summed E-state index contributed by atoms with van der Waals surface area (Å²) in [6.07, 6.45) is -1.93. The molecule has 1 unspecified atom stereocenters. The van der Waals surface area contributed by atoms with Crippen LogP contribution in [0.1, 0.15) is 18.5 Å². The molecule has 1 aromatic carbocycles. The molecular formula is C12H15ClFNO4. The van der Waals surface area contributed by atoms with Crippen molar-refractivity contribution in [3.8, 4) is 11.5 Å². The SMILES string of the molecule is CCOC(=O)C(F)[C@H](N)c1cccc2c1OCO2.Cl. The zero-order valence-corrected chi connectivity index (χ0v) is 11.1. The predicted molar refractivity (Wildman–Crippen MR) is 68.3 cm³/mol. The highest BCUT2D eigenvalue weighted by Crippen LogP contribution is 2.39. The van der Waals surface area contributed by atoms with E-state index in [4.69, 9.17) is 15.2 Å². The molecule has 0 amide bonds. The fraction of sp³-hybridized carbons (Fsp3) is 0.417. The number of rotatable bonds is 4. The van der Waals surface area contributed by atoms with Crippen LogP contribution in [-0.2, 0) is 9.53 Å². The molecule has 0 radical (unpaired) electrons. The second kappa shape index (κ2) is 6.58. The average Bonchev–Trinajstić information content (AvgIpc) is 2.85. The summed E-state index contributed by atoms with van der Waals surface area (Å²) in [6.45, 7) is 1.78. The molecular weight excluding hydrogens is 277 g/mol. The van der Waals surface area contributed by atoms with Gasteiger partial charge in [-0.2, -0.15) is 0 Å². The molecule has 2 atom stereocenters. The van der Waals surface area contributed by atoms with Gasteiger partial charge < -0.3 is 19.9 Å². The molecule has 0 spiro atoms. The summed E-state index contributed by atoms with van der Waals surface area (Å²) in [5.41, 5.74) is 6.13. The van der Waals surface area contributed by atoms with Gasteiger partial charge in [-0.3, -0.25) is 0 Å². The third-order valence-corrected chi connectivity index (χ3v) is 2.61. The molecule has 1 aliphatic heterocycles. The van der Waals surface area contributed by atoms with Crippen molar-refractivity contribution in [3.63, 3.8) is 0 Å². The van der Waals surface area contributed by atoms with E-state index in [1.165, 1.54) is 0 Å². The molecule has 0 aliphatic carbocycles. The maximum atomic E-state index is 13.8. The standard InChI is InChI=1S/C12H14FNO4.ClH/c1-2-16-12(15)9(13)10(14)7-4-3-5-8-11(7)18-6-17-8;/h3-5,9-10H,2,6,14H2,1H3;1H/t9?,10-;/m1./s1. The molecule has 106 valence electrons. The van der Waals surface area contributed by atoms with Gasteiger partial charge in [0, 0.05) is 5.56 Å². The Kier molecular flexibility index (Phi) is 5.38. The number of alkyl halides is 1. The number of hydrogen-bond donors (Lipinski definition) is 1. The van der Waals surface area contributed by atoms with Crippen LogP contribution in [0.4, 0.5) is 4.39 Å². The van der Waals surface area contributed by atoms with Crippen LogP contribution < -0.4 is 15.2 Å². The Balaban J connectivity index is 0.00000180. The molecule has 0 fully saturated rings. The Morgan fingerprint density at radius 1 is 1.53 bits per heavy atom. The Morgan fingerprint density at radius 3 is 2.95 bits per heavy atom. The smallest absolute Gasteiger partial charge is 0.342 e. The molecule has 0 aromatic heterocycles. The van der Waals surface area contributed by atoms with Gasteiger partial charge in [0.2, 0.25) is 13.0 Å². The van der Waals surface area contributed by atoms with E-state index in [2.05, 4.69) is 4.74 Å². The van der Waals surface area contributed by atoms with Crippen molar-refractivity contribution < 1.29 is 23.4 Å². The van der Waals surface area contributed by atoms with E-state index in [0.717, 1.165) is 0 Å². The minimum atomic E-state index is -1.93. The predicted octanol–water partition coefficient (Wildman–Crippen LogP) is 1.74.